The molecule has 0 amide bonds. The smallest absolute Gasteiger partial charge is 0.154 e. The van der Waals surface area contributed by atoms with Gasteiger partial charge >= 0.3 is 0 Å². The van der Waals surface area contributed by atoms with Crippen LogP contribution in [-0.4, -0.2) is 9.78 Å². The van der Waals surface area contributed by atoms with E-state index in [0.717, 1.165) is 11.5 Å². The predicted octanol–water partition coefficient (Wildman–Crippen LogP) is 2.77. The van der Waals surface area contributed by atoms with Crippen molar-refractivity contribution in [2.75, 3.05) is 5.73 Å². The number of aromatic nitrogens is 2. The molecule has 0 aliphatic carbocycles. The Balaban J connectivity index is 1.90. The highest BCUT2D eigenvalue weighted by Crippen LogP contribution is 2.21. The summed E-state index contributed by atoms with van der Waals surface area (Å²) in [5.74, 6) is 1.36. The Hall–Kier alpha value is -2.49. The number of nitrogen functional groups attached to an aromatic ring is 1. The third-order valence-electron chi connectivity index (χ3n) is 2.76. The van der Waals surface area contributed by atoms with Crippen LogP contribution in [0.2, 0.25) is 0 Å². The predicted molar refractivity (Wildman–Crippen MR) is 69.9 cm³/mol. The minimum Gasteiger partial charge on any atom is -0.463 e. The van der Waals surface area contributed by atoms with Gasteiger partial charge in [-0.1, -0.05) is 30.3 Å². The van der Waals surface area contributed by atoms with Crippen LogP contribution < -0.4 is 5.73 Å². The number of furan rings is 1. The highest BCUT2D eigenvalue weighted by atomic mass is 16.3. The SMILES string of the molecule is Nc1cc(-c2ccco2)nn1Cc1ccccc1. The lowest BCUT2D eigenvalue weighted by molar-refractivity contribution is 0.576. The molecule has 3 rings (SSSR count). The van der Waals surface area contributed by atoms with E-state index in [1.54, 1.807) is 10.9 Å². The number of nitrogens with two attached hydrogens (primary N) is 1. The van der Waals surface area contributed by atoms with Crippen LogP contribution in [0.1, 0.15) is 5.56 Å². The molecule has 4 nitrogen and oxygen atoms in total. The van der Waals surface area contributed by atoms with Crippen LogP contribution in [-0.2, 0) is 6.54 Å². The van der Waals surface area contributed by atoms with Gasteiger partial charge in [-0.15, -0.1) is 0 Å². The van der Waals surface area contributed by atoms with E-state index < -0.39 is 0 Å². The van der Waals surface area contributed by atoms with Crippen molar-refractivity contribution < 1.29 is 4.42 Å². The van der Waals surface area contributed by atoms with E-state index in [1.807, 2.05) is 48.5 Å². The van der Waals surface area contributed by atoms with Crippen molar-refractivity contribution >= 4 is 5.82 Å². The van der Waals surface area contributed by atoms with Crippen LogP contribution in [0.4, 0.5) is 5.82 Å². The van der Waals surface area contributed by atoms with Gasteiger partial charge in [0.2, 0.25) is 0 Å². The van der Waals surface area contributed by atoms with Crippen LogP contribution in [0.3, 0.4) is 0 Å². The molecule has 0 aliphatic rings. The Kier molecular flexibility index (Phi) is 2.61. The van der Waals surface area contributed by atoms with E-state index in [9.17, 15) is 0 Å². The van der Waals surface area contributed by atoms with Crippen LogP contribution in [0.5, 0.6) is 0 Å². The second kappa shape index (κ2) is 4.41. The van der Waals surface area contributed by atoms with Crippen LogP contribution in [0.25, 0.3) is 11.5 Å². The van der Waals surface area contributed by atoms with E-state index >= 15 is 0 Å². The molecule has 0 aliphatic heterocycles. The van der Waals surface area contributed by atoms with Crippen molar-refractivity contribution in [3.05, 3.63) is 60.4 Å². The molecule has 0 unspecified atom stereocenters. The maximum atomic E-state index is 5.95. The van der Waals surface area contributed by atoms with Crippen molar-refractivity contribution in [1.29, 1.82) is 0 Å². The molecule has 3 aromatic rings. The van der Waals surface area contributed by atoms with Gasteiger partial charge in [-0.25, -0.2) is 4.68 Å². The molecule has 0 spiro atoms. The third-order valence-corrected chi connectivity index (χ3v) is 2.76. The molecule has 0 atom stereocenters. The molecule has 4 heteroatoms. The Morgan fingerprint density at radius 3 is 2.67 bits per heavy atom. The number of nitrogens with zero attached hydrogens (tertiary/aromatic N) is 2. The van der Waals surface area contributed by atoms with Crippen molar-refractivity contribution in [2.45, 2.75) is 6.54 Å². The molecule has 1 aromatic carbocycles. The van der Waals surface area contributed by atoms with Crippen LogP contribution in [0.15, 0.2) is 59.2 Å². The summed E-state index contributed by atoms with van der Waals surface area (Å²) in [6.07, 6.45) is 1.63. The highest BCUT2D eigenvalue weighted by molar-refractivity contribution is 5.56. The van der Waals surface area contributed by atoms with Gasteiger partial charge in [-0.3, -0.25) is 0 Å². The average molecular weight is 239 g/mol. The van der Waals surface area contributed by atoms with Gasteiger partial charge < -0.3 is 10.2 Å². The van der Waals surface area contributed by atoms with Gasteiger partial charge in [0.15, 0.2) is 5.76 Å². The van der Waals surface area contributed by atoms with Crippen molar-refractivity contribution in [2.24, 2.45) is 0 Å². The Labute approximate surface area is 105 Å². The molecular formula is C14H13N3O. The zero-order valence-electron chi connectivity index (χ0n) is 9.78. The number of hydrogen-bond acceptors (Lipinski definition) is 3. The molecule has 2 N–H and O–H groups in total. The lowest BCUT2D eigenvalue weighted by Gasteiger charge is -2.03. The van der Waals surface area contributed by atoms with E-state index in [2.05, 4.69) is 5.10 Å². The van der Waals surface area contributed by atoms with Gasteiger partial charge in [0.05, 0.1) is 12.8 Å². The molecule has 2 aromatic heterocycles. The van der Waals surface area contributed by atoms with E-state index in [1.165, 1.54) is 5.56 Å². The second-order valence-electron chi connectivity index (χ2n) is 4.07. The van der Waals surface area contributed by atoms with Gasteiger partial charge in [0.25, 0.3) is 0 Å². The van der Waals surface area contributed by atoms with Crippen molar-refractivity contribution in [1.82, 2.24) is 9.78 Å². The fraction of sp³-hybridized carbons (Fsp3) is 0.0714. The minimum atomic E-state index is 0.630. The average Bonchev–Trinajstić information content (AvgIpc) is 3.01. The van der Waals surface area contributed by atoms with Crippen LogP contribution >= 0.6 is 0 Å². The fourth-order valence-corrected chi connectivity index (χ4v) is 1.86. The van der Waals surface area contributed by atoms with Gasteiger partial charge in [-0.2, -0.15) is 5.10 Å². The summed E-state index contributed by atoms with van der Waals surface area (Å²) < 4.78 is 7.08. The first kappa shape index (κ1) is 10.7. The van der Waals surface area contributed by atoms with E-state index in [-0.39, 0.29) is 0 Å². The molecule has 0 bridgehead atoms. The lowest BCUT2D eigenvalue weighted by Crippen LogP contribution is -2.05. The third kappa shape index (κ3) is 2.00. The Bertz CT molecular complexity index is 626. The van der Waals surface area contributed by atoms with E-state index in [0.29, 0.717) is 12.4 Å². The van der Waals surface area contributed by atoms with Crippen molar-refractivity contribution in [3.8, 4) is 11.5 Å². The highest BCUT2D eigenvalue weighted by Gasteiger charge is 2.09. The van der Waals surface area contributed by atoms with Crippen LogP contribution in [0, 0.1) is 0 Å². The summed E-state index contributed by atoms with van der Waals surface area (Å²) in [4.78, 5) is 0. The first-order chi connectivity index (χ1) is 8.83. The first-order valence-corrected chi connectivity index (χ1v) is 5.74. The maximum Gasteiger partial charge on any atom is 0.154 e. The molecule has 2 heterocycles. The fourth-order valence-electron chi connectivity index (χ4n) is 1.86. The summed E-state index contributed by atoms with van der Waals surface area (Å²) in [7, 11) is 0. The number of benzene rings is 1. The Morgan fingerprint density at radius 1 is 1.11 bits per heavy atom. The monoisotopic (exact) mass is 239 g/mol. The number of anilines is 1. The first-order valence-electron chi connectivity index (χ1n) is 5.74. The quantitative estimate of drug-likeness (QED) is 0.764. The van der Waals surface area contributed by atoms with Gasteiger partial charge in [0, 0.05) is 6.07 Å². The van der Waals surface area contributed by atoms with E-state index in [4.69, 9.17) is 10.2 Å². The standard InChI is InChI=1S/C14H13N3O/c15-14-9-12(13-7-4-8-18-13)16-17(14)10-11-5-2-1-3-6-11/h1-9H,10,15H2. The van der Waals surface area contributed by atoms with Gasteiger partial charge in [-0.05, 0) is 17.7 Å². The molecule has 18 heavy (non-hydrogen) atoms. The largest absolute Gasteiger partial charge is 0.463 e. The molecule has 0 fully saturated rings. The molecule has 90 valence electrons. The summed E-state index contributed by atoms with van der Waals surface area (Å²) in [6.45, 7) is 0.660. The van der Waals surface area contributed by atoms with Gasteiger partial charge in [0.1, 0.15) is 11.5 Å². The van der Waals surface area contributed by atoms with Crippen molar-refractivity contribution in [3.63, 3.8) is 0 Å². The number of rotatable bonds is 3. The molecule has 0 saturated heterocycles. The summed E-state index contributed by atoms with van der Waals surface area (Å²) in [5, 5.41) is 4.45. The molecule has 0 radical (unpaired) electrons. The molecule has 0 saturated carbocycles. The minimum absolute atomic E-state index is 0.630. The maximum absolute atomic E-state index is 5.95. The second-order valence-corrected chi connectivity index (χ2v) is 4.07. The zero-order chi connectivity index (χ0) is 12.4. The Morgan fingerprint density at radius 2 is 1.94 bits per heavy atom. The zero-order valence-corrected chi connectivity index (χ0v) is 9.78. The molecular weight excluding hydrogens is 226 g/mol. The normalized spacial score (nSPS) is 10.7. The topological polar surface area (TPSA) is 57.0 Å². The number of hydrogen-bond donors (Lipinski definition) is 1. The lowest BCUT2D eigenvalue weighted by atomic mass is 10.2. The summed E-state index contributed by atoms with van der Waals surface area (Å²) >= 11 is 0. The summed E-state index contributed by atoms with van der Waals surface area (Å²) in [5.41, 5.74) is 7.88. The summed E-state index contributed by atoms with van der Waals surface area (Å²) in [6, 6.07) is 15.6.